The molecule has 0 saturated heterocycles. The van der Waals surface area contributed by atoms with Gasteiger partial charge < -0.3 is 5.32 Å². The zero-order chi connectivity index (χ0) is 11.7. The lowest BCUT2D eigenvalue weighted by Gasteiger charge is -2.22. The first kappa shape index (κ1) is 11.9. The SMILES string of the molecule is Cc1ccc(C(C)C(C)NC2CC2)cc1Cl. The highest BCUT2D eigenvalue weighted by molar-refractivity contribution is 6.31. The molecular formula is C14H20ClN. The van der Waals surface area contributed by atoms with Gasteiger partial charge in [0, 0.05) is 17.1 Å². The van der Waals surface area contributed by atoms with Crippen LogP contribution in [0.5, 0.6) is 0 Å². The lowest BCUT2D eigenvalue weighted by atomic mass is 9.93. The summed E-state index contributed by atoms with van der Waals surface area (Å²) in [7, 11) is 0. The van der Waals surface area contributed by atoms with Crippen molar-refractivity contribution in [1.29, 1.82) is 0 Å². The second-order valence-electron chi connectivity index (χ2n) is 5.03. The zero-order valence-corrected chi connectivity index (χ0v) is 11.0. The Morgan fingerprint density at radius 1 is 1.31 bits per heavy atom. The van der Waals surface area contributed by atoms with Crippen molar-refractivity contribution in [2.75, 3.05) is 0 Å². The predicted molar refractivity (Wildman–Crippen MR) is 70.2 cm³/mol. The predicted octanol–water partition coefficient (Wildman–Crippen LogP) is 3.89. The second kappa shape index (κ2) is 4.77. The lowest BCUT2D eigenvalue weighted by Crippen LogP contribution is -2.32. The molecule has 1 aliphatic carbocycles. The number of aryl methyl sites for hydroxylation is 1. The van der Waals surface area contributed by atoms with Gasteiger partial charge in [-0.25, -0.2) is 0 Å². The van der Waals surface area contributed by atoms with Gasteiger partial charge >= 0.3 is 0 Å². The topological polar surface area (TPSA) is 12.0 Å². The smallest absolute Gasteiger partial charge is 0.0438 e. The summed E-state index contributed by atoms with van der Waals surface area (Å²) in [5.74, 6) is 0.513. The van der Waals surface area contributed by atoms with Crippen LogP contribution in [0.2, 0.25) is 5.02 Å². The Morgan fingerprint density at radius 3 is 2.56 bits per heavy atom. The van der Waals surface area contributed by atoms with Gasteiger partial charge in [-0.05, 0) is 49.8 Å². The Labute approximate surface area is 103 Å². The number of rotatable bonds is 4. The van der Waals surface area contributed by atoms with Crippen LogP contribution in [0.1, 0.15) is 43.7 Å². The van der Waals surface area contributed by atoms with Crippen LogP contribution in [-0.4, -0.2) is 12.1 Å². The van der Waals surface area contributed by atoms with E-state index in [4.69, 9.17) is 11.6 Å². The Kier molecular flexibility index (Phi) is 3.56. The van der Waals surface area contributed by atoms with Gasteiger partial charge in [-0.3, -0.25) is 0 Å². The van der Waals surface area contributed by atoms with Crippen LogP contribution in [0.4, 0.5) is 0 Å². The summed E-state index contributed by atoms with van der Waals surface area (Å²) in [4.78, 5) is 0. The first-order chi connectivity index (χ1) is 7.58. The van der Waals surface area contributed by atoms with Crippen LogP contribution in [-0.2, 0) is 0 Å². The molecule has 0 spiro atoms. The molecule has 1 aromatic rings. The van der Waals surface area contributed by atoms with E-state index in [1.54, 1.807) is 0 Å². The molecule has 0 amide bonds. The fourth-order valence-corrected chi connectivity index (χ4v) is 2.14. The molecular weight excluding hydrogens is 218 g/mol. The van der Waals surface area contributed by atoms with Crippen LogP contribution in [0.15, 0.2) is 18.2 Å². The third-order valence-corrected chi connectivity index (χ3v) is 3.95. The van der Waals surface area contributed by atoms with Crippen LogP contribution in [0.25, 0.3) is 0 Å². The molecule has 2 atom stereocenters. The highest BCUT2D eigenvalue weighted by Crippen LogP contribution is 2.27. The van der Waals surface area contributed by atoms with Gasteiger partial charge in [0.05, 0.1) is 0 Å². The van der Waals surface area contributed by atoms with Crippen molar-refractivity contribution in [2.24, 2.45) is 0 Å². The first-order valence-corrected chi connectivity index (χ1v) is 6.48. The average Bonchev–Trinajstić information content (AvgIpc) is 3.05. The summed E-state index contributed by atoms with van der Waals surface area (Å²) >= 11 is 6.16. The van der Waals surface area contributed by atoms with E-state index >= 15 is 0 Å². The molecule has 16 heavy (non-hydrogen) atoms. The number of nitrogens with one attached hydrogen (secondary N) is 1. The van der Waals surface area contributed by atoms with Gasteiger partial charge in [0.2, 0.25) is 0 Å². The van der Waals surface area contributed by atoms with Crippen LogP contribution in [0, 0.1) is 6.92 Å². The summed E-state index contributed by atoms with van der Waals surface area (Å²) < 4.78 is 0. The normalized spacial score (nSPS) is 19.5. The van der Waals surface area contributed by atoms with Crippen molar-refractivity contribution in [2.45, 2.75) is 51.6 Å². The maximum Gasteiger partial charge on any atom is 0.0438 e. The molecule has 1 aromatic carbocycles. The second-order valence-corrected chi connectivity index (χ2v) is 5.43. The zero-order valence-electron chi connectivity index (χ0n) is 10.3. The molecule has 0 bridgehead atoms. The van der Waals surface area contributed by atoms with Crippen molar-refractivity contribution in [3.63, 3.8) is 0 Å². The molecule has 1 fully saturated rings. The fraction of sp³-hybridized carbons (Fsp3) is 0.571. The van der Waals surface area contributed by atoms with Gasteiger partial charge in [-0.1, -0.05) is 30.7 Å². The average molecular weight is 238 g/mol. The largest absolute Gasteiger partial charge is 0.311 e. The highest BCUT2D eigenvalue weighted by atomic mass is 35.5. The van der Waals surface area contributed by atoms with Gasteiger partial charge in [0.1, 0.15) is 0 Å². The molecule has 1 saturated carbocycles. The number of hydrogen-bond acceptors (Lipinski definition) is 1. The van der Waals surface area contributed by atoms with Crippen molar-refractivity contribution < 1.29 is 0 Å². The van der Waals surface area contributed by atoms with Gasteiger partial charge in [-0.15, -0.1) is 0 Å². The van der Waals surface area contributed by atoms with Crippen LogP contribution in [0.3, 0.4) is 0 Å². The molecule has 0 heterocycles. The number of benzene rings is 1. The van der Waals surface area contributed by atoms with E-state index in [9.17, 15) is 0 Å². The third-order valence-electron chi connectivity index (χ3n) is 3.55. The Balaban J connectivity index is 2.06. The molecule has 1 aliphatic rings. The highest BCUT2D eigenvalue weighted by Gasteiger charge is 2.25. The van der Waals surface area contributed by atoms with Crippen molar-refractivity contribution in [3.05, 3.63) is 34.3 Å². The Morgan fingerprint density at radius 2 is 2.00 bits per heavy atom. The quantitative estimate of drug-likeness (QED) is 0.838. The van der Waals surface area contributed by atoms with Crippen LogP contribution < -0.4 is 5.32 Å². The molecule has 0 aromatic heterocycles. The van der Waals surface area contributed by atoms with E-state index in [0.717, 1.165) is 16.6 Å². The summed E-state index contributed by atoms with van der Waals surface area (Å²) in [5.41, 5.74) is 2.48. The Bertz CT molecular complexity index is 371. The van der Waals surface area contributed by atoms with E-state index in [1.165, 1.54) is 18.4 Å². The summed E-state index contributed by atoms with van der Waals surface area (Å²) in [6.45, 7) is 6.57. The fourth-order valence-electron chi connectivity index (χ4n) is 1.95. The summed E-state index contributed by atoms with van der Waals surface area (Å²) in [5, 5.41) is 4.52. The maximum absolute atomic E-state index is 6.16. The minimum atomic E-state index is 0.513. The minimum Gasteiger partial charge on any atom is -0.311 e. The molecule has 2 unspecified atom stereocenters. The van der Waals surface area contributed by atoms with Crippen molar-refractivity contribution in [3.8, 4) is 0 Å². The molecule has 0 aliphatic heterocycles. The maximum atomic E-state index is 6.16. The van der Waals surface area contributed by atoms with Crippen molar-refractivity contribution in [1.82, 2.24) is 5.32 Å². The van der Waals surface area contributed by atoms with E-state index in [0.29, 0.717) is 12.0 Å². The summed E-state index contributed by atoms with van der Waals surface area (Å²) in [6, 6.07) is 7.69. The Hall–Kier alpha value is -0.530. The van der Waals surface area contributed by atoms with Crippen molar-refractivity contribution >= 4 is 11.6 Å². The third kappa shape index (κ3) is 2.78. The van der Waals surface area contributed by atoms with E-state index in [-0.39, 0.29) is 0 Å². The summed E-state index contributed by atoms with van der Waals surface area (Å²) in [6.07, 6.45) is 2.68. The molecule has 2 heteroatoms. The minimum absolute atomic E-state index is 0.513. The monoisotopic (exact) mass is 237 g/mol. The van der Waals surface area contributed by atoms with E-state index in [2.05, 4.69) is 37.4 Å². The van der Waals surface area contributed by atoms with Gasteiger partial charge in [-0.2, -0.15) is 0 Å². The first-order valence-electron chi connectivity index (χ1n) is 6.10. The van der Waals surface area contributed by atoms with Gasteiger partial charge in [0.15, 0.2) is 0 Å². The lowest BCUT2D eigenvalue weighted by molar-refractivity contribution is 0.478. The standard InChI is InChI=1S/C14H20ClN/c1-9-4-5-12(8-14(9)15)10(2)11(3)16-13-6-7-13/h4-5,8,10-11,13,16H,6-7H2,1-3H3. The van der Waals surface area contributed by atoms with E-state index in [1.807, 2.05) is 6.92 Å². The molecule has 1 N–H and O–H groups in total. The number of halogens is 1. The van der Waals surface area contributed by atoms with Gasteiger partial charge in [0.25, 0.3) is 0 Å². The molecule has 1 nitrogen and oxygen atoms in total. The molecule has 2 rings (SSSR count). The number of hydrogen-bond donors (Lipinski definition) is 1. The molecule has 0 radical (unpaired) electrons. The molecule has 88 valence electrons. The van der Waals surface area contributed by atoms with E-state index < -0.39 is 0 Å². The van der Waals surface area contributed by atoms with Crippen LogP contribution >= 0.6 is 11.6 Å².